The van der Waals surface area contributed by atoms with Gasteiger partial charge in [0.1, 0.15) is 0 Å². The molecule has 3 aromatic carbocycles. The number of fused-ring (bicyclic) bond motifs is 1. The van der Waals surface area contributed by atoms with E-state index >= 15 is 0 Å². The number of benzene rings is 3. The van der Waals surface area contributed by atoms with E-state index in [-0.39, 0.29) is 16.4 Å². The van der Waals surface area contributed by atoms with Crippen LogP contribution < -0.4 is 4.90 Å². The first-order chi connectivity index (χ1) is 14.4. The van der Waals surface area contributed by atoms with Crippen LogP contribution in [-0.2, 0) is 16.6 Å². The molecule has 0 N–H and O–H groups in total. The highest BCUT2D eigenvalue weighted by Gasteiger charge is 2.40. The number of halogens is 1. The molecule has 0 fully saturated rings. The van der Waals surface area contributed by atoms with Gasteiger partial charge in [0, 0.05) is 11.6 Å². The Balaban J connectivity index is 1.87. The van der Waals surface area contributed by atoms with Crippen molar-refractivity contribution in [3.05, 3.63) is 100 Å². The van der Waals surface area contributed by atoms with Crippen molar-refractivity contribution >= 4 is 38.9 Å². The largest absolute Gasteiger partial charge is 0.367 e. The summed E-state index contributed by atoms with van der Waals surface area (Å²) in [7, 11) is -4.04. The molecule has 1 aliphatic heterocycles. The Bertz CT molecular complexity index is 1300. The van der Waals surface area contributed by atoms with E-state index in [1.54, 1.807) is 35.2 Å². The number of amidine groups is 1. The highest BCUT2D eigenvalue weighted by atomic mass is 35.5. The molecule has 0 bridgehead atoms. The number of anilines is 1. The summed E-state index contributed by atoms with van der Waals surface area (Å²) < 4.78 is 30.1. The zero-order valence-corrected chi connectivity index (χ0v) is 17.6. The van der Waals surface area contributed by atoms with Gasteiger partial charge < -0.3 is 10.4 Å². The number of sulfonamides is 1. The zero-order valence-electron chi connectivity index (χ0n) is 16.0. The Kier molecular flexibility index (Phi) is 5.26. The minimum Gasteiger partial charge on any atom is -0.361 e. The Morgan fingerprint density at radius 2 is 1.73 bits per heavy atom. The number of aryl methyl sites for hydroxylation is 1. The Hall–Kier alpha value is -3.25. The van der Waals surface area contributed by atoms with Gasteiger partial charge >= 0.3 is 5.71 Å². The maximum absolute atomic E-state index is 13.0. The van der Waals surface area contributed by atoms with Gasteiger partial charge in [0.25, 0.3) is 10.0 Å². The number of nitrogens with zero attached hydrogens (tertiary/aromatic N) is 4. The first-order valence-corrected chi connectivity index (χ1v) is 11.0. The Morgan fingerprint density at radius 3 is 2.40 bits per heavy atom. The van der Waals surface area contributed by atoms with Crippen molar-refractivity contribution in [1.29, 1.82) is 0 Å². The molecule has 0 saturated carbocycles. The average molecular weight is 437 g/mol. The molecule has 0 aromatic heterocycles. The quantitative estimate of drug-likeness (QED) is 0.446. The average Bonchev–Trinajstić information content (AvgIpc) is 3.00. The topological polar surface area (TPSA) is 86.1 Å². The Labute approximate surface area is 179 Å². The fourth-order valence-corrected chi connectivity index (χ4v) is 4.46. The lowest BCUT2D eigenvalue weighted by molar-refractivity contribution is -0.000214. The molecule has 1 heterocycles. The van der Waals surface area contributed by atoms with Crippen molar-refractivity contribution in [3.63, 3.8) is 0 Å². The van der Waals surface area contributed by atoms with Crippen LogP contribution in [0, 0.1) is 6.92 Å². The van der Waals surface area contributed by atoms with Crippen LogP contribution in [0.3, 0.4) is 0 Å². The lowest BCUT2D eigenvalue weighted by atomic mass is 10.1. The second-order valence-electron chi connectivity index (χ2n) is 6.88. The molecule has 0 amide bonds. The van der Waals surface area contributed by atoms with Crippen LogP contribution >= 0.6 is 11.6 Å². The van der Waals surface area contributed by atoms with Crippen molar-refractivity contribution in [2.24, 2.45) is 4.40 Å². The second kappa shape index (κ2) is 7.88. The lowest BCUT2D eigenvalue weighted by Crippen LogP contribution is -2.31. The molecule has 30 heavy (non-hydrogen) atoms. The summed E-state index contributed by atoms with van der Waals surface area (Å²) >= 11 is 6.13. The van der Waals surface area contributed by atoms with Gasteiger partial charge in [0.2, 0.25) is 5.84 Å². The third-order valence-corrected chi connectivity index (χ3v) is 6.30. The molecule has 8 heteroatoms. The highest BCUT2D eigenvalue weighted by molar-refractivity contribution is 7.90. The van der Waals surface area contributed by atoms with Crippen molar-refractivity contribution in [2.45, 2.75) is 18.4 Å². The molecular formula is C22H17ClN4O2S. The maximum Gasteiger partial charge on any atom is 0.367 e. The summed E-state index contributed by atoms with van der Waals surface area (Å²) in [4.78, 5) is 5.13. The van der Waals surface area contributed by atoms with Gasteiger partial charge in [0.15, 0.2) is 0 Å². The van der Waals surface area contributed by atoms with E-state index in [0.717, 1.165) is 11.1 Å². The smallest absolute Gasteiger partial charge is 0.361 e. The van der Waals surface area contributed by atoms with Crippen molar-refractivity contribution in [2.75, 3.05) is 4.90 Å². The molecule has 6 nitrogen and oxygen atoms in total. The third kappa shape index (κ3) is 3.78. The molecule has 3 aromatic rings. The molecule has 0 aliphatic carbocycles. The molecule has 1 aliphatic rings. The normalized spacial score (nSPS) is 14.7. The van der Waals surface area contributed by atoms with E-state index in [9.17, 15) is 13.9 Å². The van der Waals surface area contributed by atoms with Gasteiger partial charge in [-0.05, 0) is 42.8 Å². The molecule has 0 spiro atoms. The van der Waals surface area contributed by atoms with Crippen LogP contribution in [-0.4, -0.2) is 24.8 Å². The van der Waals surface area contributed by atoms with Crippen LogP contribution in [0.1, 0.15) is 16.7 Å². The van der Waals surface area contributed by atoms with Crippen molar-refractivity contribution in [1.82, 2.24) is 0 Å². The number of hydrogen-bond donors (Lipinski definition) is 0. The molecular weight excluding hydrogens is 420 g/mol. The van der Waals surface area contributed by atoms with Crippen LogP contribution in [0.2, 0.25) is 5.02 Å². The third-order valence-electron chi connectivity index (χ3n) is 4.78. The second-order valence-corrected chi connectivity index (χ2v) is 8.93. The summed E-state index contributed by atoms with van der Waals surface area (Å²) in [5.41, 5.74) is 12.8. The van der Waals surface area contributed by atoms with E-state index < -0.39 is 10.0 Å². The van der Waals surface area contributed by atoms with E-state index in [1.807, 2.05) is 37.3 Å². The minimum absolute atomic E-state index is 0.0409. The van der Waals surface area contributed by atoms with Crippen LogP contribution in [0.25, 0.3) is 5.53 Å². The molecule has 0 saturated heterocycles. The Morgan fingerprint density at radius 1 is 1.03 bits per heavy atom. The van der Waals surface area contributed by atoms with E-state index in [2.05, 4.69) is 9.19 Å². The van der Waals surface area contributed by atoms with Crippen LogP contribution in [0.15, 0.2) is 82.1 Å². The number of hydrogen-bond acceptors (Lipinski definition) is 2. The van der Waals surface area contributed by atoms with Gasteiger partial charge in [-0.1, -0.05) is 59.6 Å². The number of rotatable bonds is 4. The minimum atomic E-state index is -4.04. The van der Waals surface area contributed by atoms with Crippen molar-refractivity contribution in [3.8, 4) is 0 Å². The molecule has 0 atom stereocenters. The predicted octanol–water partition coefficient (Wildman–Crippen LogP) is 4.47. The molecule has 4 rings (SSSR count). The first kappa shape index (κ1) is 20.0. The summed E-state index contributed by atoms with van der Waals surface area (Å²) in [5, 5.41) is 0.442. The van der Waals surface area contributed by atoms with Gasteiger partial charge in [0.05, 0.1) is 16.1 Å². The summed E-state index contributed by atoms with van der Waals surface area (Å²) in [5.74, 6) is 0.0409. The fourth-order valence-electron chi connectivity index (χ4n) is 3.29. The first-order valence-electron chi connectivity index (χ1n) is 9.14. The zero-order chi connectivity index (χ0) is 21.3. The fraction of sp³-hybridized carbons (Fsp3) is 0.0909. The van der Waals surface area contributed by atoms with Crippen molar-refractivity contribution < 1.29 is 13.2 Å². The maximum atomic E-state index is 13.0. The van der Waals surface area contributed by atoms with Gasteiger partial charge in [-0.25, -0.2) is 0 Å². The van der Waals surface area contributed by atoms with Gasteiger partial charge in [-0.15, -0.1) is 4.40 Å². The van der Waals surface area contributed by atoms with Gasteiger partial charge in [-0.2, -0.15) is 13.2 Å². The van der Waals surface area contributed by atoms with Gasteiger partial charge in [-0.3, -0.25) is 0 Å². The lowest BCUT2D eigenvalue weighted by Gasteiger charge is -2.18. The summed E-state index contributed by atoms with van der Waals surface area (Å²) in [6.07, 6.45) is 0. The monoisotopic (exact) mass is 436 g/mol. The van der Waals surface area contributed by atoms with E-state index in [1.165, 1.54) is 12.1 Å². The summed E-state index contributed by atoms with van der Waals surface area (Å²) in [6.45, 7) is 2.22. The molecule has 150 valence electrons. The predicted molar refractivity (Wildman–Crippen MR) is 118 cm³/mol. The van der Waals surface area contributed by atoms with E-state index in [0.29, 0.717) is 22.8 Å². The van der Waals surface area contributed by atoms with Crippen LogP contribution in [0.4, 0.5) is 5.69 Å². The summed E-state index contributed by atoms with van der Waals surface area (Å²) in [6, 6.07) is 21.1. The van der Waals surface area contributed by atoms with Crippen LogP contribution in [0.5, 0.6) is 0 Å². The SMILES string of the molecule is Cc1ccc(S(=O)(=O)/N=C2/C(=[N+]=[N-])c3cc(Cl)ccc3N2Cc2ccccc2)cc1. The highest BCUT2D eigenvalue weighted by Crippen LogP contribution is 2.33. The molecule has 0 unspecified atom stereocenters. The molecule has 0 radical (unpaired) electrons. The van der Waals surface area contributed by atoms with E-state index in [4.69, 9.17) is 11.6 Å². The standard InChI is InChI=1S/C22H17ClN4O2S/c1-15-7-10-18(11-8-15)30(28,29)26-22-21(25-24)19-13-17(23)9-12-20(19)27(22)14-16-5-3-2-4-6-16/h2-13H,14H2,1H3/b26-22-.